The summed E-state index contributed by atoms with van der Waals surface area (Å²) in [4.78, 5) is 13.1. The fourth-order valence-electron chi connectivity index (χ4n) is 3.53. The fourth-order valence-corrected chi connectivity index (χ4v) is 3.53. The second kappa shape index (κ2) is 11.4. The van der Waals surface area contributed by atoms with Crippen LogP contribution in [0.4, 0.5) is 0 Å². The number of hydrogen-bond donors (Lipinski definition) is 1. The maximum atomic E-state index is 13.1. The normalized spacial score (nSPS) is 11.9. The largest absolute Gasteiger partial charge is 0.491 e. The van der Waals surface area contributed by atoms with Crippen molar-refractivity contribution in [2.75, 3.05) is 0 Å². The Bertz CT molecular complexity index is 981. The number of rotatable bonds is 10. The lowest BCUT2D eigenvalue weighted by atomic mass is 9.96. The predicted molar refractivity (Wildman–Crippen MR) is 129 cm³/mol. The molecule has 3 rings (SSSR count). The highest BCUT2D eigenvalue weighted by Gasteiger charge is 2.18. The minimum atomic E-state index is -0.0836. The number of ether oxygens (including phenoxy) is 2. The van der Waals surface area contributed by atoms with Gasteiger partial charge in [0.1, 0.15) is 18.1 Å². The van der Waals surface area contributed by atoms with E-state index in [1.165, 1.54) is 0 Å². The quantitative estimate of drug-likeness (QED) is 0.395. The molecule has 0 aliphatic heterocycles. The van der Waals surface area contributed by atoms with Gasteiger partial charge in [0.2, 0.25) is 0 Å². The Morgan fingerprint density at radius 3 is 2.22 bits per heavy atom. The zero-order valence-corrected chi connectivity index (χ0v) is 19.4. The van der Waals surface area contributed by atoms with E-state index in [9.17, 15) is 4.79 Å². The highest BCUT2D eigenvalue weighted by Crippen LogP contribution is 2.25. The first-order chi connectivity index (χ1) is 15.4. The number of benzene rings is 3. The average molecular weight is 432 g/mol. The third kappa shape index (κ3) is 7.16. The first kappa shape index (κ1) is 23.4. The third-order valence-electron chi connectivity index (χ3n) is 5.00. The van der Waals surface area contributed by atoms with Crippen LogP contribution >= 0.6 is 0 Å². The van der Waals surface area contributed by atoms with Gasteiger partial charge in [-0.25, -0.2) is 0 Å². The van der Waals surface area contributed by atoms with Crippen LogP contribution in [0, 0.1) is 5.92 Å². The number of nitrogens with one attached hydrogen (secondary N) is 1. The van der Waals surface area contributed by atoms with Gasteiger partial charge in [-0.15, -0.1) is 0 Å². The maximum absolute atomic E-state index is 13.1. The number of carbonyl (C=O) groups excluding carboxylic acids is 1. The Kier molecular flexibility index (Phi) is 8.32. The summed E-state index contributed by atoms with van der Waals surface area (Å²) in [5.41, 5.74) is 2.66. The van der Waals surface area contributed by atoms with Crippen molar-refractivity contribution < 1.29 is 14.3 Å². The van der Waals surface area contributed by atoms with Gasteiger partial charge in [0.05, 0.1) is 12.1 Å². The zero-order chi connectivity index (χ0) is 22.9. The molecule has 32 heavy (non-hydrogen) atoms. The Hall–Kier alpha value is -3.27. The molecule has 4 nitrogen and oxygen atoms in total. The molecule has 1 atom stereocenters. The van der Waals surface area contributed by atoms with Crippen LogP contribution in [0.15, 0.2) is 78.9 Å². The molecular weight excluding hydrogens is 398 g/mol. The molecule has 0 aliphatic carbocycles. The van der Waals surface area contributed by atoms with Gasteiger partial charge in [0.15, 0.2) is 0 Å². The van der Waals surface area contributed by atoms with Crippen LogP contribution in [0.5, 0.6) is 11.5 Å². The summed E-state index contributed by atoms with van der Waals surface area (Å²) in [6, 6.07) is 25.2. The lowest BCUT2D eigenvalue weighted by molar-refractivity contribution is 0.0932. The summed E-state index contributed by atoms with van der Waals surface area (Å²) in [7, 11) is 0. The van der Waals surface area contributed by atoms with Crippen LogP contribution in [0.2, 0.25) is 0 Å². The minimum Gasteiger partial charge on any atom is -0.491 e. The van der Waals surface area contributed by atoms with Crippen LogP contribution in [-0.4, -0.2) is 12.0 Å². The number of carbonyl (C=O) groups is 1. The first-order valence-electron chi connectivity index (χ1n) is 11.2. The van der Waals surface area contributed by atoms with Crippen LogP contribution in [0.25, 0.3) is 0 Å². The highest BCUT2D eigenvalue weighted by atomic mass is 16.5. The second-order valence-corrected chi connectivity index (χ2v) is 8.69. The number of para-hydroxylation sites is 1. The third-order valence-corrected chi connectivity index (χ3v) is 5.00. The summed E-state index contributed by atoms with van der Waals surface area (Å²) in [6.45, 7) is 8.76. The summed E-state index contributed by atoms with van der Waals surface area (Å²) in [5.74, 6) is 2.01. The standard InChI is InChI=1S/C28H33NO3/c1-20(2)17-27(23-13-15-26(16-14-23)32-21(3)4)29-28(30)24-10-8-9-22(18-24)19-31-25-11-6-5-7-12-25/h5-16,18,20-21,27H,17,19H2,1-4H3,(H,29,30). The number of hydrogen-bond acceptors (Lipinski definition) is 3. The molecule has 1 unspecified atom stereocenters. The van der Waals surface area contributed by atoms with Gasteiger partial charge in [0.25, 0.3) is 5.91 Å². The smallest absolute Gasteiger partial charge is 0.251 e. The molecule has 0 bridgehead atoms. The maximum Gasteiger partial charge on any atom is 0.251 e. The molecule has 1 amide bonds. The Morgan fingerprint density at radius 1 is 0.844 bits per heavy atom. The van der Waals surface area contributed by atoms with E-state index in [-0.39, 0.29) is 18.1 Å². The van der Waals surface area contributed by atoms with Gasteiger partial charge in [-0.05, 0) is 73.7 Å². The molecule has 4 heteroatoms. The Balaban J connectivity index is 1.69. The Morgan fingerprint density at radius 2 is 1.56 bits per heavy atom. The molecule has 0 aromatic heterocycles. The highest BCUT2D eigenvalue weighted by molar-refractivity contribution is 5.94. The monoisotopic (exact) mass is 431 g/mol. The van der Waals surface area contributed by atoms with Crippen molar-refractivity contribution in [3.8, 4) is 11.5 Å². The SMILES string of the molecule is CC(C)CC(NC(=O)c1cccc(COc2ccccc2)c1)c1ccc(OC(C)C)cc1. The molecule has 0 heterocycles. The summed E-state index contributed by atoms with van der Waals surface area (Å²) in [5, 5.41) is 3.22. The van der Waals surface area contributed by atoms with Gasteiger partial charge in [-0.3, -0.25) is 4.79 Å². The molecule has 0 spiro atoms. The molecule has 0 radical (unpaired) electrons. The molecule has 0 aliphatic rings. The van der Waals surface area contributed by atoms with Crippen LogP contribution in [0.1, 0.15) is 61.6 Å². The summed E-state index contributed by atoms with van der Waals surface area (Å²) in [6.07, 6.45) is 0.984. The molecule has 0 saturated carbocycles. The molecule has 0 saturated heterocycles. The lowest BCUT2D eigenvalue weighted by Gasteiger charge is -2.22. The lowest BCUT2D eigenvalue weighted by Crippen LogP contribution is -2.29. The van der Waals surface area contributed by atoms with Gasteiger partial charge >= 0.3 is 0 Å². The molecule has 0 fully saturated rings. The molecule has 3 aromatic carbocycles. The molecule has 1 N–H and O–H groups in total. The Labute approximate surface area is 191 Å². The second-order valence-electron chi connectivity index (χ2n) is 8.69. The van der Waals surface area contributed by atoms with E-state index in [0.29, 0.717) is 18.1 Å². The summed E-state index contributed by atoms with van der Waals surface area (Å²) < 4.78 is 11.6. The zero-order valence-electron chi connectivity index (χ0n) is 19.4. The van der Waals surface area contributed by atoms with E-state index in [2.05, 4.69) is 19.2 Å². The molecule has 168 valence electrons. The average Bonchev–Trinajstić information content (AvgIpc) is 2.78. The van der Waals surface area contributed by atoms with Crippen LogP contribution in [-0.2, 0) is 6.61 Å². The molecular formula is C28H33NO3. The van der Waals surface area contributed by atoms with E-state index in [1.807, 2.05) is 92.7 Å². The van der Waals surface area contributed by atoms with Crippen molar-refractivity contribution in [3.63, 3.8) is 0 Å². The number of amides is 1. The van der Waals surface area contributed by atoms with Gasteiger partial charge in [-0.1, -0.05) is 56.3 Å². The van der Waals surface area contributed by atoms with Crippen LogP contribution in [0.3, 0.4) is 0 Å². The fraction of sp³-hybridized carbons (Fsp3) is 0.321. The first-order valence-corrected chi connectivity index (χ1v) is 11.2. The van der Waals surface area contributed by atoms with E-state index < -0.39 is 0 Å². The van der Waals surface area contributed by atoms with Crippen molar-refractivity contribution in [1.29, 1.82) is 0 Å². The van der Waals surface area contributed by atoms with Crippen molar-refractivity contribution in [3.05, 3.63) is 95.6 Å². The van der Waals surface area contributed by atoms with Crippen molar-refractivity contribution in [2.24, 2.45) is 5.92 Å². The van der Waals surface area contributed by atoms with Crippen molar-refractivity contribution in [1.82, 2.24) is 5.32 Å². The minimum absolute atomic E-state index is 0.0696. The predicted octanol–water partition coefficient (Wildman–Crippen LogP) is 6.57. The summed E-state index contributed by atoms with van der Waals surface area (Å²) >= 11 is 0. The van der Waals surface area contributed by atoms with Gasteiger partial charge < -0.3 is 14.8 Å². The molecule has 3 aromatic rings. The van der Waals surface area contributed by atoms with Crippen LogP contribution < -0.4 is 14.8 Å². The van der Waals surface area contributed by atoms with E-state index in [1.54, 1.807) is 0 Å². The van der Waals surface area contributed by atoms with Gasteiger partial charge in [-0.2, -0.15) is 0 Å². The topological polar surface area (TPSA) is 47.6 Å². The van der Waals surface area contributed by atoms with E-state index in [4.69, 9.17) is 9.47 Å². The van der Waals surface area contributed by atoms with Crippen molar-refractivity contribution >= 4 is 5.91 Å². The van der Waals surface area contributed by atoms with E-state index >= 15 is 0 Å². The van der Waals surface area contributed by atoms with Gasteiger partial charge in [0, 0.05) is 5.56 Å². The van der Waals surface area contributed by atoms with Crippen molar-refractivity contribution in [2.45, 2.75) is 52.9 Å². The van der Waals surface area contributed by atoms with E-state index in [0.717, 1.165) is 29.0 Å².